The van der Waals surface area contributed by atoms with Crippen molar-refractivity contribution < 1.29 is 23.4 Å². The molecular formula is C23H22FNO4S. The van der Waals surface area contributed by atoms with Gasteiger partial charge in [0.1, 0.15) is 11.6 Å². The fourth-order valence-electron chi connectivity index (χ4n) is 2.97. The third-order valence-corrected chi connectivity index (χ3v) is 5.40. The molecule has 1 heterocycles. The van der Waals surface area contributed by atoms with E-state index in [1.165, 1.54) is 29.5 Å². The van der Waals surface area contributed by atoms with Gasteiger partial charge in [-0.25, -0.2) is 4.39 Å². The van der Waals surface area contributed by atoms with Gasteiger partial charge < -0.3 is 19.5 Å². The standard InChI is InChI=1S/C23H22FNO4S/c1-27-18-14-20(29-3)19(28-2)13-16(18)8-11-22(26)25-23(21-5-4-12-30-21)15-6-9-17(24)10-7-15/h4-14,23H,1-3H3,(H,25,26)/b11-8+. The molecule has 3 rings (SSSR count). The van der Waals surface area contributed by atoms with Gasteiger partial charge in [0.25, 0.3) is 0 Å². The Balaban J connectivity index is 1.84. The topological polar surface area (TPSA) is 56.8 Å². The maximum Gasteiger partial charge on any atom is 0.244 e. The molecule has 7 heteroatoms. The van der Waals surface area contributed by atoms with E-state index in [-0.39, 0.29) is 17.8 Å². The third-order valence-electron chi connectivity index (χ3n) is 4.47. The van der Waals surface area contributed by atoms with E-state index in [4.69, 9.17) is 14.2 Å². The summed E-state index contributed by atoms with van der Waals surface area (Å²) < 4.78 is 29.3. The molecule has 2 aromatic carbocycles. The van der Waals surface area contributed by atoms with Gasteiger partial charge in [-0.3, -0.25) is 4.79 Å². The molecule has 1 aromatic heterocycles. The van der Waals surface area contributed by atoms with Gasteiger partial charge in [-0.2, -0.15) is 0 Å². The minimum absolute atomic E-state index is 0.297. The highest BCUT2D eigenvalue weighted by molar-refractivity contribution is 7.10. The number of ether oxygens (including phenoxy) is 3. The van der Waals surface area contributed by atoms with Crippen molar-refractivity contribution in [3.8, 4) is 17.2 Å². The molecule has 0 saturated carbocycles. The molecule has 1 N–H and O–H groups in total. The monoisotopic (exact) mass is 427 g/mol. The van der Waals surface area contributed by atoms with Gasteiger partial charge in [0, 0.05) is 22.6 Å². The second-order valence-electron chi connectivity index (χ2n) is 6.29. The number of hydrogen-bond acceptors (Lipinski definition) is 5. The zero-order chi connectivity index (χ0) is 21.5. The maximum atomic E-state index is 13.3. The van der Waals surface area contributed by atoms with Crippen LogP contribution in [0.25, 0.3) is 6.08 Å². The van der Waals surface area contributed by atoms with Crippen molar-refractivity contribution in [3.05, 3.63) is 81.8 Å². The smallest absolute Gasteiger partial charge is 0.244 e. The first-order chi connectivity index (χ1) is 14.5. The molecule has 3 aromatic rings. The fourth-order valence-corrected chi connectivity index (χ4v) is 3.77. The van der Waals surface area contributed by atoms with Crippen LogP contribution in [0.3, 0.4) is 0 Å². The van der Waals surface area contributed by atoms with Crippen molar-refractivity contribution in [3.63, 3.8) is 0 Å². The SMILES string of the molecule is COc1cc(OC)c(OC)cc1/C=C/C(=O)NC(c1ccc(F)cc1)c1cccs1. The molecule has 0 aliphatic rings. The van der Waals surface area contributed by atoms with Crippen LogP contribution in [-0.2, 0) is 4.79 Å². The Morgan fingerprint density at radius 1 is 1.00 bits per heavy atom. The summed E-state index contributed by atoms with van der Waals surface area (Å²) in [6, 6.07) is 13.0. The highest BCUT2D eigenvalue weighted by atomic mass is 32.1. The lowest BCUT2D eigenvalue weighted by atomic mass is 10.1. The van der Waals surface area contributed by atoms with Crippen LogP contribution in [0, 0.1) is 5.82 Å². The molecule has 0 bridgehead atoms. The van der Waals surface area contributed by atoms with E-state index in [1.54, 1.807) is 51.7 Å². The molecule has 1 unspecified atom stereocenters. The molecule has 0 radical (unpaired) electrons. The highest BCUT2D eigenvalue weighted by Gasteiger charge is 2.17. The predicted octanol–water partition coefficient (Wildman–Crippen LogP) is 4.83. The van der Waals surface area contributed by atoms with E-state index in [0.717, 1.165) is 10.4 Å². The number of thiophene rings is 1. The molecule has 0 aliphatic carbocycles. The second-order valence-corrected chi connectivity index (χ2v) is 7.27. The lowest BCUT2D eigenvalue weighted by molar-refractivity contribution is -0.116. The summed E-state index contributed by atoms with van der Waals surface area (Å²) in [5.74, 6) is 0.987. The molecule has 156 valence electrons. The number of rotatable bonds is 8. The van der Waals surface area contributed by atoms with E-state index in [1.807, 2.05) is 17.5 Å². The first-order valence-electron chi connectivity index (χ1n) is 9.13. The molecule has 5 nitrogen and oxygen atoms in total. The summed E-state index contributed by atoms with van der Waals surface area (Å²) in [7, 11) is 4.62. The Hall–Kier alpha value is -3.32. The lowest BCUT2D eigenvalue weighted by Crippen LogP contribution is -2.27. The van der Waals surface area contributed by atoms with Gasteiger partial charge in [0.15, 0.2) is 11.5 Å². The van der Waals surface area contributed by atoms with Crippen LogP contribution in [0.5, 0.6) is 17.2 Å². The molecule has 0 spiro atoms. The van der Waals surface area contributed by atoms with Crippen molar-refractivity contribution >= 4 is 23.3 Å². The molecule has 1 atom stereocenters. The Kier molecular flexibility index (Phi) is 7.08. The van der Waals surface area contributed by atoms with Gasteiger partial charge in [-0.15, -0.1) is 11.3 Å². The zero-order valence-electron chi connectivity index (χ0n) is 16.8. The number of carbonyl (C=O) groups is 1. The van der Waals surface area contributed by atoms with Crippen molar-refractivity contribution in [1.82, 2.24) is 5.32 Å². The molecule has 30 heavy (non-hydrogen) atoms. The van der Waals surface area contributed by atoms with Crippen molar-refractivity contribution in [2.75, 3.05) is 21.3 Å². The van der Waals surface area contributed by atoms with Gasteiger partial charge in [-0.1, -0.05) is 18.2 Å². The number of hydrogen-bond donors (Lipinski definition) is 1. The van der Waals surface area contributed by atoms with Crippen LogP contribution < -0.4 is 19.5 Å². The lowest BCUT2D eigenvalue weighted by Gasteiger charge is -2.17. The quantitative estimate of drug-likeness (QED) is 0.523. The normalized spacial score (nSPS) is 11.9. The molecular weight excluding hydrogens is 405 g/mol. The Morgan fingerprint density at radius 3 is 2.27 bits per heavy atom. The van der Waals surface area contributed by atoms with E-state index < -0.39 is 0 Å². The fraction of sp³-hybridized carbons (Fsp3) is 0.174. The van der Waals surface area contributed by atoms with E-state index in [0.29, 0.717) is 22.8 Å². The van der Waals surface area contributed by atoms with Crippen LogP contribution in [0.4, 0.5) is 4.39 Å². The van der Waals surface area contributed by atoms with Crippen molar-refractivity contribution in [1.29, 1.82) is 0 Å². The molecule has 0 saturated heterocycles. The van der Waals surface area contributed by atoms with Gasteiger partial charge in [-0.05, 0) is 41.3 Å². The average molecular weight is 427 g/mol. The first-order valence-corrected chi connectivity index (χ1v) is 10.0. The van der Waals surface area contributed by atoms with Crippen LogP contribution in [0.2, 0.25) is 0 Å². The van der Waals surface area contributed by atoms with Crippen molar-refractivity contribution in [2.24, 2.45) is 0 Å². The average Bonchev–Trinajstić information content (AvgIpc) is 3.30. The number of methoxy groups -OCH3 is 3. The highest BCUT2D eigenvalue weighted by Crippen LogP contribution is 2.35. The summed E-state index contributed by atoms with van der Waals surface area (Å²) >= 11 is 1.52. The van der Waals surface area contributed by atoms with Crippen LogP contribution in [-0.4, -0.2) is 27.2 Å². The van der Waals surface area contributed by atoms with E-state index >= 15 is 0 Å². The number of carbonyl (C=O) groups excluding carboxylic acids is 1. The van der Waals surface area contributed by atoms with E-state index in [2.05, 4.69) is 5.32 Å². The molecule has 0 aliphatic heterocycles. The van der Waals surface area contributed by atoms with Crippen molar-refractivity contribution in [2.45, 2.75) is 6.04 Å². The molecule has 1 amide bonds. The van der Waals surface area contributed by atoms with Crippen LogP contribution >= 0.6 is 11.3 Å². The maximum absolute atomic E-state index is 13.3. The van der Waals surface area contributed by atoms with Gasteiger partial charge >= 0.3 is 0 Å². The summed E-state index contributed by atoms with van der Waals surface area (Å²) in [6.45, 7) is 0. The van der Waals surface area contributed by atoms with Crippen LogP contribution in [0.15, 0.2) is 60.0 Å². The van der Waals surface area contributed by atoms with Crippen LogP contribution in [0.1, 0.15) is 22.0 Å². The second kappa shape index (κ2) is 9.93. The molecule has 0 fully saturated rings. The largest absolute Gasteiger partial charge is 0.496 e. The van der Waals surface area contributed by atoms with E-state index in [9.17, 15) is 9.18 Å². The first kappa shape index (κ1) is 21.4. The summed E-state index contributed by atoms with van der Waals surface area (Å²) in [4.78, 5) is 13.6. The predicted molar refractivity (Wildman–Crippen MR) is 116 cm³/mol. The third kappa shape index (κ3) is 4.99. The minimum atomic E-state index is -0.380. The number of halogens is 1. The Bertz CT molecular complexity index is 1020. The Labute approximate surface area is 178 Å². The zero-order valence-corrected chi connectivity index (χ0v) is 17.7. The van der Waals surface area contributed by atoms with Gasteiger partial charge in [0.05, 0.1) is 27.4 Å². The summed E-state index contributed by atoms with van der Waals surface area (Å²) in [5, 5.41) is 4.91. The van der Waals surface area contributed by atoms with Gasteiger partial charge in [0.2, 0.25) is 5.91 Å². The number of benzene rings is 2. The summed E-state index contributed by atoms with van der Waals surface area (Å²) in [5.41, 5.74) is 1.46. The number of amides is 1. The minimum Gasteiger partial charge on any atom is -0.496 e. The Morgan fingerprint density at radius 2 is 1.67 bits per heavy atom. The number of nitrogens with one attached hydrogen (secondary N) is 1. The summed E-state index contributed by atoms with van der Waals surface area (Å²) in [6.07, 6.45) is 3.07.